The van der Waals surface area contributed by atoms with Crippen LogP contribution in [0.1, 0.15) is 47.5 Å². The molecule has 0 aliphatic carbocycles. The maximum atomic E-state index is 11.3. The lowest BCUT2D eigenvalue weighted by Crippen LogP contribution is -2.17. The predicted octanol–water partition coefficient (Wildman–Crippen LogP) is 2.65. The molecule has 2 atom stereocenters. The topological polar surface area (TPSA) is 37.3 Å². The third kappa shape index (κ3) is 7.97. The first-order valence-corrected chi connectivity index (χ1v) is 5.19. The lowest BCUT2D eigenvalue weighted by molar-refractivity contribution is -0.125. The van der Waals surface area contributed by atoms with E-state index in [1.807, 2.05) is 13.8 Å². The minimum absolute atomic E-state index is 0.250. The number of aliphatic hydroxyl groups is 1. The molecule has 0 aromatic rings. The van der Waals surface area contributed by atoms with Crippen molar-refractivity contribution in [1.82, 2.24) is 0 Å². The number of hydrogen-bond acceptors (Lipinski definition) is 2. The Bertz CT molecular complexity index is 109. The van der Waals surface area contributed by atoms with Crippen molar-refractivity contribution in [3.63, 3.8) is 0 Å². The molecule has 0 aromatic carbocycles. The molecule has 0 fully saturated rings. The van der Waals surface area contributed by atoms with Crippen molar-refractivity contribution < 1.29 is 9.90 Å². The molecule has 0 radical (unpaired) electrons. The van der Waals surface area contributed by atoms with Crippen molar-refractivity contribution in [2.75, 3.05) is 6.61 Å². The number of hydrogen-bond donors (Lipinski definition) is 1. The van der Waals surface area contributed by atoms with Gasteiger partial charge in [0, 0.05) is 18.4 Å². The lowest BCUT2D eigenvalue weighted by Gasteiger charge is -2.11. The van der Waals surface area contributed by atoms with Gasteiger partial charge >= 0.3 is 0 Å². The zero-order chi connectivity index (χ0) is 10.9. The second-order valence-electron chi connectivity index (χ2n) is 3.34. The van der Waals surface area contributed by atoms with E-state index in [-0.39, 0.29) is 18.4 Å². The molecule has 0 aliphatic heterocycles. The van der Waals surface area contributed by atoms with Gasteiger partial charge in [0.15, 0.2) is 0 Å². The highest BCUT2D eigenvalue weighted by atomic mass is 16.2. The van der Waals surface area contributed by atoms with Crippen molar-refractivity contribution in [2.24, 2.45) is 11.8 Å². The smallest absolute Gasteiger partial charge is 0.138 e. The SMILES string of the molecule is CCC(C)C(=O)C(C)CC.CCO. The summed E-state index contributed by atoms with van der Waals surface area (Å²) in [5.74, 6) is 0.940. The van der Waals surface area contributed by atoms with Gasteiger partial charge in [-0.2, -0.15) is 0 Å². The molecule has 0 amide bonds. The van der Waals surface area contributed by atoms with Gasteiger partial charge < -0.3 is 5.11 Å². The standard InChI is InChI=1S/C9H18O.C2H6O/c1-5-7(3)9(10)8(4)6-2;1-2-3/h7-8H,5-6H2,1-4H3;3H,2H2,1H3. The summed E-state index contributed by atoms with van der Waals surface area (Å²) in [5, 5.41) is 7.57. The zero-order valence-corrected chi connectivity index (χ0v) is 9.63. The molecule has 1 N–H and O–H groups in total. The summed E-state index contributed by atoms with van der Waals surface area (Å²) in [6, 6.07) is 0. The van der Waals surface area contributed by atoms with E-state index in [9.17, 15) is 4.79 Å². The van der Waals surface area contributed by atoms with Crippen molar-refractivity contribution in [3.05, 3.63) is 0 Å². The van der Waals surface area contributed by atoms with E-state index in [2.05, 4.69) is 13.8 Å². The van der Waals surface area contributed by atoms with Crippen molar-refractivity contribution in [2.45, 2.75) is 47.5 Å². The Balaban J connectivity index is 0. The van der Waals surface area contributed by atoms with E-state index in [4.69, 9.17) is 5.11 Å². The second-order valence-corrected chi connectivity index (χ2v) is 3.34. The Hall–Kier alpha value is -0.370. The van der Waals surface area contributed by atoms with Crippen LogP contribution >= 0.6 is 0 Å². The number of rotatable bonds is 4. The average Bonchev–Trinajstić information content (AvgIpc) is 2.15. The summed E-state index contributed by atoms with van der Waals surface area (Å²) >= 11 is 0. The van der Waals surface area contributed by atoms with Gasteiger partial charge in [-0.1, -0.05) is 27.7 Å². The van der Waals surface area contributed by atoms with Gasteiger partial charge in [0.25, 0.3) is 0 Å². The summed E-state index contributed by atoms with van der Waals surface area (Å²) in [4.78, 5) is 11.3. The Morgan fingerprint density at radius 3 is 1.46 bits per heavy atom. The second kappa shape index (κ2) is 9.72. The summed E-state index contributed by atoms with van der Waals surface area (Å²) in [7, 11) is 0. The van der Waals surface area contributed by atoms with Crippen molar-refractivity contribution >= 4 is 5.78 Å². The lowest BCUT2D eigenvalue weighted by atomic mass is 9.92. The molecular weight excluding hydrogens is 164 g/mol. The van der Waals surface area contributed by atoms with Gasteiger partial charge in [0.05, 0.1) is 0 Å². The first kappa shape index (κ1) is 15.1. The predicted molar refractivity (Wildman–Crippen MR) is 56.7 cm³/mol. The zero-order valence-electron chi connectivity index (χ0n) is 9.63. The molecule has 13 heavy (non-hydrogen) atoms. The van der Waals surface area contributed by atoms with Gasteiger partial charge in [0.1, 0.15) is 5.78 Å². The van der Waals surface area contributed by atoms with Crippen LogP contribution in [-0.2, 0) is 4.79 Å². The minimum atomic E-state index is 0.250. The fraction of sp³-hybridized carbons (Fsp3) is 0.909. The van der Waals surface area contributed by atoms with Crippen LogP contribution in [-0.4, -0.2) is 17.5 Å². The van der Waals surface area contributed by atoms with Crippen LogP contribution in [0.15, 0.2) is 0 Å². The maximum Gasteiger partial charge on any atom is 0.138 e. The number of aliphatic hydroxyl groups excluding tert-OH is 1. The van der Waals surface area contributed by atoms with Crippen LogP contribution in [0.25, 0.3) is 0 Å². The largest absolute Gasteiger partial charge is 0.397 e. The molecule has 2 unspecified atom stereocenters. The summed E-state index contributed by atoms with van der Waals surface area (Å²) in [6.45, 7) is 10.1. The molecular formula is C11H24O2. The van der Waals surface area contributed by atoms with Crippen LogP contribution < -0.4 is 0 Å². The molecule has 0 saturated heterocycles. The Kier molecular flexibility index (Phi) is 11.3. The summed E-state index contributed by atoms with van der Waals surface area (Å²) < 4.78 is 0. The molecule has 0 bridgehead atoms. The molecule has 0 saturated carbocycles. The fourth-order valence-corrected chi connectivity index (χ4v) is 0.888. The Morgan fingerprint density at radius 2 is 1.31 bits per heavy atom. The molecule has 2 heteroatoms. The number of ketones is 1. The highest BCUT2D eigenvalue weighted by molar-refractivity contribution is 5.82. The number of Topliss-reactive ketones (excluding diaryl/α,β-unsaturated/α-hetero) is 1. The molecule has 0 aromatic heterocycles. The Morgan fingerprint density at radius 1 is 1.08 bits per heavy atom. The van der Waals surface area contributed by atoms with E-state index < -0.39 is 0 Å². The average molecular weight is 188 g/mol. The first-order valence-electron chi connectivity index (χ1n) is 5.19. The molecule has 0 heterocycles. The van der Waals surface area contributed by atoms with E-state index in [1.165, 1.54) is 0 Å². The monoisotopic (exact) mass is 188 g/mol. The van der Waals surface area contributed by atoms with Crippen molar-refractivity contribution in [1.29, 1.82) is 0 Å². The summed E-state index contributed by atoms with van der Waals surface area (Å²) in [5.41, 5.74) is 0. The molecule has 2 nitrogen and oxygen atoms in total. The Labute approximate surface area is 82.4 Å². The highest BCUT2D eigenvalue weighted by Crippen LogP contribution is 2.12. The van der Waals surface area contributed by atoms with Crippen LogP contribution in [0.3, 0.4) is 0 Å². The third-order valence-corrected chi connectivity index (χ3v) is 2.20. The molecule has 0 aliphatic rings. The van der Waals surface area contributed by atoms with Crippen LogP contribution in [0, 0.1) is 11.8 Å². The van der Waals surface area contributed by atoms with E-state index in [0.29, 0.717) is 5.78 Å². The molecule has 0 spiro atoms. The quantitative estimate of drug-likeness (QED) is 0.736. The van der Waals surface area contributed by atoms with Gasteiger partial charge in [-0.25, -0.2) is 0 Å². The van der Waals surface area contributed by atoms with E-state index >= 15 is 0 Å². The van der Waals surface area contributed by atoms with Crippen LogP contribution in [0.5, 0.6) is 0 Å². The van der Waals surface area contributed by atoms with Crippen LogP contribution in [0.2, 0.25) is 0 Å². The van der Waals surface area contributed by atoms with E-state index in [1.54, 1.807) is 6.92 Å². The van der Waals surface area contributed by atoms with Gasteiger partial charge in [-0.3, -0.25) is 4.79 Å². The highest BCUT2D eigenvalue weighted by Gasteiger charge is 2.15. The van der Waals surface area contributed by atoms with Gasteiger partial charge in [0.2, 0.25) is 0 Å². The molecule has 80 valence electrons. The normalized spacial score (nSPS) is 14.0. The fourth-order valence-electron chi connectivity index (χ4n) is 0.888. The maximum absolute atomic E-state index is 11.3. The number of carbonyl (C=O) groups is 1. The van der Waals surface area contributed by atoms with Crippen molar-refractivity contribution in [3.8, 4) is 0 Å². The van der Waals surface area contributed by atoms with Crippen LogP contribution in [0.4, 0.5) is 0 Å². The van der Waals surface area contributed by atoms with Gasteiger partial charge in [-0.05, 0) is 19.8 Å². The first-order chi connectivity index (χ1) is 6.04. The minimum Gasteiger partial charge on any atom is -0.397 e. The summed E-state index contributed by atoms with van der Waals surface area (Å²) in [6.07, 6.45) is 1.95. The van der Waals surface area contributed by atoms with E-state index in [0.717, 1.165) is 12.8 Å². The number of carbonyl (C=O) groups excluding carboxylic acids is 1. The molecule has 0 rings (SSSR count). The van der Waals surface area contributed by atoms with Gasteiger partial charge in [-0.15, -0.1) is 0 Å². The third-order valence-electron chi connectivity index (χ3n) is 2.20.